The highest BCUT2D eigenvalue weighted by Gasteiger charge is 2.17. The molecule has 0 fully saturated rings. The Morgan fingerprint density at radius 1 is 1.17 bits per heavy atom. The zero-order valence-electron chi connectivity index (χ0n) is 14.3. The van der Waals surface area contributed by atoms with E-state index in [-0.39, 0.29) is 11.9 Å². The smallest absolute Gasteiger partial charge is 0.328 e. The van der Waals surface area contributed by atoms with Gasteiger partial charge in [-0.3, -0.25) is 4.79 Å². The highest BCUT2D eigenvalue weighted by Crippen LogP contribution is 2.09. The van der Waals surface area contributed by atoms with Gasteiger partial charge in [-0.15, -0.1) is 11.3 Å². The average Bonchev–Trinajstić information content (AvgIpc) is 3.02. The zero-order chi connectivity index (χ0) is 16.9. The lowest BCUT2D eigenvalue weighted by Gasteiger charge is -2.13. The summed E-state index contributed by atoms with van der Waals surface area (Å²) in [6.45, 7) is 4.32. The summed E-state index contributed by atoms with van der Waals surface area (Å²) in [5, 5.41) is 4.62. The third-order valence-electron chi connectivity index (χ3n) is 3.64. The summed E-state index contributed by atoms with van der Waals surface area (Å²) in [6, 6.07) is 3.23. The van der Waals surface area contributed by atoms with Gasteiger partial charge in [-0.2, -0.15) is 0 Å². The number of hydrogen-bond donors (Lipinski definition) is 1. The molecule has 0 aromatic carbocycles. The largest absolute Gasteiger partial charge is 0.464 e. The average molecular weight is 340 g/mol. The van der Waals surface area contributed by atoms with Crippen LogP contribution in [0, 0.1) is 0 Å². The van der Waals surface area contributed by atoms with Crippen LogP contribution in [0.4, 0.5) is 0 Å². The van der Waals surface area contributed by atoms with E-state index < -0.39 is 6.04 Å². The molecular weight excluding hydrogens is 310 g/mol. The molecule has 1 atom stereocenters. The fourth-order valence-electron chi connectivity index (χ4n) is 2.28. The van der Waals surface area contributed by atoms with Crippen molar-refractivity contribution in [3.63, 3.8) is 0 Å². The topological polar surface area (TPSA) is 55.4 Å². The summed E-state index contributed by atoms with van der Waals surface area (Å²) in [4.78, 5) is 24.6. The Labute approximate surface area is 143 Å². The van der Waals surface area contributed by atoms with Crippen LogP contribution in [0.15, 0.2) is 17.5 Å². The van der Waals surface area contributed by atoms with Crippen molar-refractivity contribution in [3.05, 3.63) is 22.4 Å². The molecule has 1 aromatic heterocycles. The molecule has 1 heterocycles. The van der Waals surface area contributed by atoms with Crippen LogP contribution < -0.4 is 5.32 Å². The van der Waals surface area contributed by atoms with Crippen LogP contribution in [0.2, 0.25) is 0 Å². The zero-order valence-corrected chi connectivity index (χ0v) is 15.1. The molecule has 1 N–H and O–H groups in total. The molecule has 130 valence electrons. The highest BCUT2D eigenvalue weighted by molar-refractivity contribution is 7.10. The van der Waals surface area contributed by atoms with E-state index in [1.807, 2.05) is 17.5 Å². The van der Waals surface area contributed by atoms with Crippen LogP contribution in [0.3, 0.4) is 0 Å². The Kier molecular flexibility index (Phi) is 10.4. The van der Waals surface area contributed by atoms with Gasteiger partial charge in [-0.1, -0.05) is 51.5 Å². The van der Waals surface area contributed by atoms with E-state index in [9.17, 15) is 9.59 Å². The predicted octanol–water partition coefficient (Wildman–Crippen LogP) is 4.09. The van der Waals surface area contributed by atoms with Crippen molar-refractivity contribution < 1.29 is 14.3 Å². The standard InChI is InChI=1S/C18H29NO3S/c1-3-4-5-6-7-8-9-12-22-18(21)15(2)19-17(20)14-16-11-10-13-23-16/h10-11,13,15H,3-9,12,14H2,1-2H3,(H,19,20)/t15-/m0/s1. The molecule has 1 aromatic rings. The van der Waals surface area contributed by atoms with Crippen molar-refractivity contribution in [3.8, 4) is 0 Å². The number of carbonyl (C=O) groups is 2. The van der Waals surface area contributed by atoms with Crippen LogP contribution in [0.1, 0.15) is 63.7 Å². The number of carbonyl (C=O) groups excluding carboxylic acids is 2. The summed E-state index contributed by atoms with van der Waals surface area (Å²) < 4.78 is 5.22. The van der Waals surface area contributed by atoms with Gasteiger partial charge >= 0.3 is 5.97 Å². The number of rotatable bonds is 12. The monoisotopic (exact) mass is 339 g/mol. The molecule has 23 heavy (non-hydrogen) atoms. The van der Waals surface area contributed by atoms with Gasteiger partial charge in [0, 0.05) is 4.88 Å². The first-order chi connectivity index (χ1) is 11.1. The molecule has 1 rings (SSSR count). The van der Waals surface area contributed by atoms with Crippen molar-refractivity contribution in [2.75, 3.05) is 6.61 Å². The lowest BCUT2D eigenvalue weighted by Crippen LogP contribution is -2.40. The maximum absolute atomic E-state index is 11.8. The molecule has 0 bridgehead atoms. The van der Waals surface area contributed by atoms with E-state index in [1.54, 1.807) is 6.92 Å². The normalized spacial score (nSPS) is 11.9. The summed E-state index contributed by atoms with van der Waals surface area (Å²) in [5.41, 5.74) is 0. The maximum atomic E-state index is 11.8. The number of thiophene rings is 1. The van der Waals surface area contributed by atoms with E-state index in [1.165, 1.54) is 43.4 Å². The van der Waals surface area contributed by atoms with E-state index in [4.69, 9.17) is 4.74 Å². The molecule has 0 radical (unpaired) electrons. The fraction of sp³-hybridized carbons (Fsp3) is 0.667. The second-order valence-electron chi connectivity index (χ2n) is 5.83. The van der Waals surface area contributed by atoms with Crippen molar-refractivity contribution in [2.24, 2.45) is 0 Å². The molecule has 5 heteroatoms. The summed E-state index contributed by atoms with van der Waals surface area (Å²) >= 11 is 1.54. The minimum atomic E-state index is -0.591. The second-order valence-corrected chi connectivity index (χ2v) is 6.87. The van der Waals surface area contributed by atoms with Gasteiger partial charge in [0.15, 0.2) is 0 Å². The first-order valence-electron chi connectivity index (χ1n) is 8.62. The van der Waals surface area contributed by atoms with Crippen LogP contribution in [0.5, 0.6) is 0 Å². The molecular formula is C18H29NO3S. The molecule has 1 amide bonds. The van der Waals surface area contributed by atoms with E-state index >= 15 is 0 Å². The molecule has 0 aliphatic carbocycles. The minimum Gasteiger partial charge on any atom is -0.464 e. The van der Waals surface area contributed by atoms with Gasteiger partial charge in [0.05, 0.1) is 13.0 Å². The van der Waals surface area contributed by atoms with Crippen LogP contribution >= 0.6 is 11.3 Å². The van der Waals surface area contributed by atoms with Gasteiger partial charge < -0.3 is 10.1 Å². The Morgan fingerprint density at radius 3 is 2.52 bits per heavy atom. The second kappa shape index (κ2) is 12.1. The van der Waals surface area contributed by atoms with Gasteiger partial charge in [0.2, 0.25) is 5.91 Å². The quantitative estimate of drug-likeness (QED) is 0.461. The Hall–Kier alpha value is -1.36. The number of hydrogen-bond acceptors (Lipinski definition) is 4. The van der Waals surface area contributed by atoms with Crippen LogP contribution in [-0.4, -0.2) is 24.5 Å². The Balaban J connectivity index is 2.06. The Bertz CT molecular complexity index is 445. The highest BCUT2D eigenvalue weighted by atomic mass is 32.1. The molecule has 0 aliphatic rings. The van der Waals surface area contributed by atoms with Crippen LogP contribution in [-0.2, 0) is 20.7 Å². The van der Waals surface area contributed by atoms with E-state index in [0.29, 0.717) is 13.0 Å². The van der Waals surface area contributed by atoms with Crippen molar-refractivity contribution in [1.29, 1.82) is 0 Å². The van der Waals surface area contributed by atoms with Crippen LogP contribution in [0.25, 0.3) is 0 Å². The van der Waals surface area contributed by atoms with Gasteiger partial charge in [0.25, 0.3) is 0 Å². The number of ether oxygens (including phenoxy) is 1. The van der Waals surface area contributed by atoms with Gasteiger partial charge in [0.1, 0.15) is 6.04 Å². The maximum Gasteiger partial charge on any atom is 0.328 e. The summed E-state index contributed by atoms with van der Waals surface area (Å²) in [6.07, 6.45) is 8.62. The van der Waals surface area contributed by atoms with Crippen molar-refractivity contribution in [1.82, 2.24) is 5.32 Å². The SMILES string of the molecule is CCCCCCCCCOC(=O)[C@H](C)NC(=O)Cc1cccs1. The summed E-state index contributed by atoms with van der Waals surface area (Å²) in [5.74, 6) is -0.497. The molecule has 4 nitrogen and oxygen atoms in total. The van der Waals surface area contributed by atoms with Crippen molar-refractivity contribution in [2.45, 2.75) is 71.3 Å². The van der Waals surface area contributed by atoms with E-state index in [2.05, 4.69) is 12.2 Å². The molecule has 0 aliphatic heterocycles. The summed E-state index contributed by atoms with van der Waals surface area (Å²) in [7, 11) is 0. The molecule has 0 spiro atoms. The number of nitrogens with one attached hydrogen (secondary N) is 1. The third kappa shape index (κ3) is 9.39. The lowest BCUT2D eigenvalue weighted by atomic mass is 10.1. The first kappa shape index (κ1) is 19.7. The number of amides is 1. The fourth-order valence-corrected chi connectivity index (χ4v) is 2.98. The number of unbranched alkanes of at least 4 members (excludes halogenated alkanes) is 6. The molecule has 0 unspecified atom stereocenters. The predicted molar refractivity (Wildman–Crippen MR) is 94.6 cm³/mol. The Morgan fingerprint density at radius 2 is 1.87 bits per heavy atom. The van der Waals surface area contributed by atoms with Crippen molar-refractivity contribution >= 4 is 23.2 Å². The molecule has 0 saturated heterocycles. The minimum absolute atomic E-state index is 0.146. The lowest BCUT2D eigenvalue weighted by molar-refractivity contribution is -0.147. The van der Waals surface area contributed by atoms with Gasteiger partial charge in [-0.25, -0.2) is 4.79 Å². The molecule has 0 saturated carbocycles. The van der Waals surface area contributed by atoms with Gasteiger partial charge in [-0.05, 0) is 24.8 Å². The first-order valence-corrected chi connectivity index (χ1v) is 9.49. The third-order valence-corrected chi connectivity index (χ3v) is 4.51. The van der Waals surface area contributed by atoms with E-state index in [0.717, 1.165) is 17.7 Å². The number of esters is 1.